The van der Waals surface area contributed by atoms with Gasteiger partial charge in [-0.15, -0.1) is 11.3 Å². The summed E-state index contributed by atoms with van der Waals surface area (Å²) in [5.74, 6) is -0.198. The molecule has 2 heterocycles. The highest BCUT2D eigenvalue weighted by Gasteiger charge is 2.17. The topological polar surface area (TPSA) is 65.1 Å². The van der Waals surface area contributed by atoms with Crippen molar-refractivity contribution in [2.75, 3.05) is 6.54 Å². The summed E-state index contributed by atoms with van der Waals surface area (Å²) in [5, 5.41) is 13.8. The highest BCUT2D eigenvalue weighted by molar-refractivity contribution is 7.16. The van der Waals surface area contributed by atoms with Gasteiger partial charge in [0, 0.05) is 28.0 Å². The Hall–Kier alpha value is -1.82. The van der Waals surface area contributed by atoms with Crippen LogP contribution in [0.2, 0.25) is 4.34 Å². The summed E-state index contributed by atoms with van der Waals surface area (Å²) in [4.78, 5) is 16.3. The fourth-order valence-corrected chi connectivity index (χ4v) is 3.50. The van der Waals surface area contributed by atoms with Gasteiger partial charge in [-0.2, -0.15) is 0 Å². The second-order valence-corrected chi connectivity index (χ2v) is 6.78. The van der Waals surface area contributed by atoms with E-state index in [9.17, 15) is 9.90 Å². The van der Waals surface area contributed by atoms with E-state index in [4.69, 9.17) is 11.6 Å². The molecule has 22 heavy (non-hydrogen) atoms. The number of aryl methyl sites for hydroxylation is 1. The zero-order valence-electron chi connectivity index (χ0n) is 11.9. The maximum absolute atomic E-state index is 12.4. The smallest absolute Gasteiger partial charge is 0.253 e. The summed E-state index contributed by atoms with van der Waals surface area (Å²) in [6, 6.07) is 11.2. The lowest BCUT2D eigenvalue weighted by molar-refractivity contribution is 0.0919. The third kappa shape index (κ3) is 2.88. The van der Waals surface area contributed by atoms with Crippen molar-refractivity contribution >= 4 is 39.7 Å². The van der Waals surface area contributed by atoms with Gasteiger partial charge < -0.3 is 15.4 Å². The van der Waals surface area contributed by atoms with Crippen LogP contribution in [0, 0.1) is 6.92 Å². The van der Waals surface area contributed by atoms with E-state index < -0.39 is 6.10 Å². The van der Waals surface area contributed by atoms with Gasteiger partial charge in [-0.25, -0.2) is 0 Å². The van der Waals surface area contributed by atoms with Crippen molar-refractivity contribution < 1.29 is 9.90 Å². The molecule has 3 aromatic rings. The number of hydrogen-bond acceptors (Lipinski definition) is 3. The summed E-state index contributed by atoms with van der Waals surface area (Å²) in [7, 11) is 0. The number of amides is 1. The largest absolute Gasteiger partial charge is 0.386 e. The first kappa shape index (κ1) is 15.1. The SMILES string of the molecule is Cc1[nH]c2ccccc2c1C(=O)NCC(O)c1ccc(Cl)s1. The molecule has 3 N–H and O–H groups in total. The van der Waals surface area contributed by atoms with Crippen molar-refractivity contribution in [3.8, 4) is 0 Å². The van der Waals surface area contributed by atoms with Crippen molar-refractivity contribution in [1.29, 1.82) is 0 Å². The second-order valence-electron chi connectivity index (χ2n) is 5.04. The van der Waals surface area contributed by atoms with Gasteiger partial charge in [-0.1, -0.05) is 29.8 Å². The number of thiophene rings is 1. The Bertz CT molecular complexity index is 825. The van der Waals surface area contributed by atoms with Crippen molar-refractivity contribution in [3.05, 3.63) is 56.9 Å². The van der Waals surface area contributed by atoms with Gasteiger partial charge in [0.25, 0.3) is 5.91 Å². The molecule has 6 heteroatoms. The molecule has 1 atom stereocenters. The van der Waals surface area contributed by atoms with Gasteiger partial charge in [-0.05, 0) is 25.1 Å². The number of halogens is 1. The number of aromatic amines is 1. The van der Waals surface area contributed by atoms with Crippen LogP contribution in [0.15, 0.2) is 36.4 Å². The Morgan fingerprint density at radius 1 is 1.36 bits per heavy atom. The second kappa shape index (κ2) is 6.12. The number of aromatic nitrogens is 1. The molecular weight excluding hydrogens is 320 g/mol. The van der Waals surface area contributed by atoms with Crippen molar-refractivity contribution in [2.24, 2.45) is 0 Å². The molecule has 2 aromatic heterocycles. The Balaban J connectivity index is 1.75. The number of rotatable bonds is 4. The van der Waals surface area contributed by atoms with Crippen LogP contribution in [-0.4, -0.2) is 22.5 Å². The van der Waals surface area contributed by atoms with Crippen LogP contribution in [0.3, 0.4) is 0 Å². The van der Waals surface area contributed by atoms with E-state index in [1.165, 1.54) is 11.3 Å². The maximum Gasteiger partial charge on any atom is 0.253 e. The van der Waals surface area contributed by atoms with E-state index in [1.54, 1.807) is 12.1 Å². The molecule has 0 radical (unpaired) electrons. The lowest BCUT2D eigenvalue weighted by Crippen LogP contribution is -2.28. The third-order valence-corrected chi connectivity index (χ3v) is 4.83. The highest BCUT2D eigenvalue weighted by atomic mass is 35.5. The summed E-state index contributed by atoms with van der Waals surface area (Å²) < 4.78 is 0.618. The van der Waals surface area contributed by atoms with E-state index in [2.05, 4.69) is 10.3 Å². The minimum Gasteiger partial charge on any atom is -0.386 e. The molecule has 0 bridgehead atoms. The Morgan fingerprint density at radius 3 is 2.86 bits per heavy atom. The Morgan fingerprint density at radius 2 is 2.14 bits per heavy atom. The van der Waals surface area contributed by atoms with Crippen LogP contribution < -0.4 is 5.32 Å². The lowest BCUT2D eigenvalue weighted by Gasteiger charge is -2.10. The number of H-pyrrole nitrogens is 1. The number of nitrogens with one attached hydrogen (secondary N) is 2. The molecule has 0 fully saturated rings. The monoisotopic (exact) mass is 334 g/mol. The van der Waals surface area contributed by atoms with Crippen LogP contribution >= 0.6 is 22.9 Å². The minimum atomic E-state index is -0.757. The van der Waals surface area contributed by atoms with Crippen LogP contribution in [0.5, 0.6) is 0 Å². The van der Waals surface area contributed by atoms with E-state index >= 15 is 0 Å². The number of para-hydroxylation sites is 1. The Kier molecular flexibility index (Phi) is 4.20. The number of carbonyl (C=O) groups excluding carboxylic acids is 1. The van der Waals surface area contributed by atoms with E-state index in [1.807, 2.05) is 31.2 Å². The van der Waals surface area contributed by atoms with Crippen LogP contribution in [-0.2, 0) is 0 Å². The maximum atomic E-state index is 12.4. The van der Waals surface area contributed by atoms with Crippen molar-refractivity contribution in [2.45, 2.75) is 13.0 Å². The average Bonchev–Trinajstić information content (AvgIpc) is 3.07. The van der Waals surface area contributed by atoms with Crippen LogP contribution in [0.1, 0.15) is 27.0 Å². The molecule has 3 rings (SSSR count). The lowest BCUT2D eigenvalue weighted by atomic mass is 10.1. The fraction of sp³-hybridized carbons (Fsp3) is 0.188. The summed E-state index contributed by atoms with van der Waals surface area (Å²) in [6.45, 7) is 2.01. The summed E-state index contributed by atoms with van der Waals surface area (Å²) in [6.07, 6.45) is -0.757. The standard InChI is InChI=1S/C16H15ClN2O2S/c1-9-15(10-4-2-3-5-11(10)19-9)16(21)18-8-12(20)13-6-7-14(17)22-13/h2-7,12,19-20H,8H2,1H3,(H,18,21). The van der Waals surface area contributed by atoms with Gasteiger partial charge in [0.1, 0.15) is 6.10 Å². The first-order valence-electron chi connectivity index (χ1n) is 6.85. The zero-order chi connectivity index (χ0) is 15.7. The fourth-order valence-electron chi connectivity index (χ4n) is 2.45. The normalized spacial score (nSPS) is 12.5. The van der Waals surface area contributed by atoms with E-state index in [-0.39, 0.29) is 12.5 Å². The molecule has 0 saturated carbocycles. The van der Waals surface area contributed by atoms with Crippen LogP contribution in [0.4, 0.5) is 0 Å². The minimum absolute atomic E-state index is 0.147. The zero-order valence-corrected chi connectivity index (χ0v) is 13.5. The third-order valence-electron chi connectivity index (χ3n) is 3.50. The first-order valence-corrected chi connectivity index (χ1v) is 8.04. The molecule has 0 saturated heterocycles. The molecule has 1 aromatic carbocycles. The number of fused-ring (bicyclic) bond motifs is 1. The van der Waals surface area contributed by atoms with Gasteiger partial charge in [0.2, 0.25) is 0 Å². The van der Waals surface area contributed by atoms with Gasteiger partial charge in [0.15, 0.2) is 0 Å². The van der Waals surface area contributed by atoms with E-state index in [0.29, 0.717) is 9.90 Å². The molecule has 0 aliphatic carbocycles. The Labute approximate surface area is 136 Å². The molecule has 1 unspecified atom stereocenters. The molecule has 4 nitrogen and oxygen atoms in total. The molecule has 0 spiro atoms. The predicted octanol–water partition coefficient (Wildman–Crippen LogP) is 3.65. The van der Waals surface area contributed by atoms with Gasteiger partial charge in [-0.3, -0.25) is 4.79 Å². The van der Waals surface area contributed by atoms with Gasteiger partial charge >= 0.3 is 0 Å². The number of aliphatic hydroxyl groups excluding tert-OH is 1. The van der Waals surface area contributed by atoms with Gasteiger partial charge in [0.05, 0.1) is 9.90 Å². The number of hydrogen-bond donors (Lipinski definition) is 3. The molecular formula is C16H15ClN2O2S. The number of benzene rings is 1. The highest BCUT2D eigenvalue weighted by Crippen LogP contribution is 2.27. The van der Waals surface area contributed by atoms with Crippen LogP contribution in [0.25, 0.3) is 10.9 Å². The average molecular weight is 335 g/mol. The van der Waals surface area contributed by atoms with Crippen molar-refractivity contribution in [3.63, 3.8) is 0 Å². The van der Waals surface area contributed by atoms with Crippen molar-refractivity contribution in [1.82, 2.24) is 10.3 Å². The first-order chi connectivity index (χ1) is 10.6. The number of carbonyl (C=O) groups is 1. The van der Waals surface area contributed by atoms with E-state index in [0.717, 1.165) is 21.5 Å². The quantitative estimate of drug-likeness (QED) is 0.681. The summed E-state index contributed by atoms with van der Waals surface area (Å²) in [5.41, 5.74) is 2.36. The summed E-state index contributed by atoms with van der Waals surface area (Å²) >= 11 is 7.16. The molecule has 0 aliphatic rings. The molecule has 114 valence electrons. The number of aliphatic hydroxyl groups is 1. The predicted molar refractivity (Wildman–Crippen MR) is 89.7 cm³/mol. The molecule has 0 aliphatic heterocycles. The molecule has 1 amide bonds.